The zero-order chi connectivity index (χ0) is 24.1. The SMILES string of the molecule is CCCC1CCCN(C(=O)C(CC(=O)O)NC(=O)OCC2c3ccccc3-c3ccccc32)C1. The van der Waals surface area contributed by atoms with Crippen molar-refractivity contribution in [1.82, 2.24) is 10.2 Å². The number of carboxylic acids is 1. The smallest absolute Gasteiger partial charge is 0.407 e. The Hall–Kier alpha value is -3.35. The molecule has 0 aromatic heterocycles. The topological polar surface area (TPSA) is 95.9 Å². The minimum absolute atomic E-state index is 0.107. The van der Waals surface area contributed by atoms with E-state index in [0.29, 0.717) is 19.0 Å². The van der Waals surface area contributed by atoms with Crippen molar-refractivity contribution in [2.24, 2.45) is 5.92 Å². The number of rotatable bonds is 8. The summed E-state index contributed by atoms with van der Waals surface area (Å²) in [5.41, 5.74) is 4.42. The summed E-state index contributed by atoms with van der Waals surface area (Å²) >= 11 is 0. The second-order valence-electron chi connectivity index (χ2n) is 9.20. The van der Waals surface area contributed by atoms with Gasteiger partial charge in [-0.15, -0.1) is 0 Å². The van der Waals surface area contributed by atoms with Crippen LogP contribution in [0.3, 0.4) is 0 Å². The number of carboxylic acid groups (broad SMARTS) is 1. The van der Waals surface area contributed by atoms with Gasteiger partial charge >= 0.3 is 12.1 Å². The molecule has 0 radical (unpaired) electrons. The molecule has 180 valence electrons. The van der Waals surface area contributed by atoms with Gasteiger partial charge in [0.05, 0.1) is 6.42 Å². The molecule has 1 fully saturated rings. The van der Waals surface area contributed by atoms with Gasteiger partial charge in [0.2, 0.25) is 5.91 Å². The largest absolute Gasteiger partial charge is 0.481 e. The summed E-state index contributed by atoms with van der Waals surface area (Å²) in [6.07, 6.45) is 2.79. The molecule has 2 aromatic rings. The summed E-state index contributed by atoms with van der Waals surface area (Å²) in [7, 11) is 0. The molecule has 34 heavy (non-hydrogen) atoms. The first-order valence-corrected chi connectivity index (χ1v) is 12.1. The molecule has 0 saturated carbocycles. The molecule has 2 N–H and O–H groups in total. The van der Waals surface area contributed by atoms with Gasteiger partial charge in [-0.05, 0) is 47.4 Å². The molecule has 4 rings (SSSR count). The van der Waals surface area contributed by atoms with Crippen LogP contribution in [0.15, 0.2) is 48.5 Å². The Balaban J connectivity index is 1.41. The average molecular weight is 465 g/mol. The molecular weight excluding hydrogens is 432 g/mol. The molecule has 0 bridgehead atoms. The highest BCUT2D eigenvalue weighted by Gasteiger charge is 2.33. The van der Waals surface area contributed by atoms with Crippen LogP contribution in [-0.2, 0) is 14.3 Å². The maximum atomic E-state index is 13.1. The number of piperidine rings is 1. The number of fused-ring (bicyclic) bond motifs is 3. The van der Waals surface area contributed by atoms with E-state index >= 15 is 0 Å². The van der Waals surface area contributed by atoms with Crippen LogP contribution >= 0.6 is 0 Å². The van der Waals surface area contributed by atoms with E-state index in [-0.39, 0.29) is 18.4 Å². The number of carbonyl (C=O) groups is 3. The fourth-order valence-corrected chi connectivity index (χ4v) is 5.29. The van der Waals surface area contributed by atoms with E-state index in [4.69, 9.17) is 4.74 Å². The van der Waals surface area contributed by atoms with Crippen molar-refractivity contribution >= 4 is 18.0 Å². The zero-order valence-corrected chi connectivity index (χ0v) is 19.5. The van der Waals surface area contributed by atoms with E-state index in [9.17, 15) is 19.5 Å². The van der Waals surface area contributed by atoms with E-state index in [1.165, 1.54) is 0 Å². The Kier molecular flexibility index (Phi) is 7.50. The summed E-state index contributed by atoms with van der Waals surface area (Å²) in [4.78, 5) is 38.9. The third kappa shape index (κ3) is 5.24. The van der Waals surface area contributed by atoms with Gasteiger partial charge in [-0.3, -0.25) is 9.59 Å². The lowest BCUT2D eigenvalue weighted by molar-refractivity contribution is -0.143. The molecule has 1 aliphatic heterocycles. The van der Waals surface area contributed by atoms with Crippen molar-refractivity contribution < 1.29 is 24.2 Å². The number of alkyl carbamates (subject to hydrolysis) is 1. The number of likely N-dealkylation sites (tertiary alicyclic amines) is 1. The summed E-state index contributed by atoms with van der Waals surface area (Å²) in [6, 6.07) is 14.9. The number of amides is 2. The lowest BCUT2D eigenvalue weighted by Gasteiger charge is -2.34. The van der Waals surface area contributed by atoms with Gasteiger partial charge < -0.3 is 20.1 Å². The predicted octanol–water partition coefficient (Wildman–Crippen LogP) is 4.41. The van der Waals surface area contributed by atoms with Crippen LogP contribution in [0.2, 0.25) is 0 Å². The first kappa shape index (κ1) is 23.8. The van der Waals surface area contributed by atoms with Crippen LogP contribution in [0.5, 0.6) is 0 Å². The molecule has 0 spiro atoms. The number of carbonyl (C=O) groups excluding carboxylic acids is 2. The van der Waals surface area contributed by atoms with Crippen LogP contribution in [0.4, 0.5) is 4.79 Å². The Morgan fingerprint density at radius 2 is 1.74 bits per heavy atom. The molecule has 2 aromatic carbocycles. The van der Waals surface area contributed by atoms with Crippen molar-refractivity contribution in [3.63, 3.8) is 0 Å². The molecular formula is C27H32N2O5. The van der Waals surface area contributed by atoms with Gasteiger partial charge in [-0.1, -0.05) is 61.9 Å². The Bertz CT molecular complexity index is 1010. The Labute approximate surface area is 200 Å². The number of nitrogens with one attached hydrogen (secondary N) is 1. The standard InChI is InChI=1S/C27H32N2O5/c1-2-8-18-9-7-14-29(16-18)26(32)24(15-25(30)31)28-27(33)34-17-23-21-12-5-3-10-19(21)20-11-4-6-13-22(20)23/h3-6,10-13,18,23-24H,2,7-9,14-17H2,1H3,(H,28,33)(H,30,31). The Morgan fingerprint density at radius 3 is 2.35 bits per heavy atom. The maximum absolute atomic E-state index is 13.1. The van der Waals surface area contributed by atoms with Gasteiger partial charge in [-0.2, -0.15) is 0 Å². The Morgan fingerprint density at radius 1 is 1.09 bits per heavy atom. The number of aliphatic carboxylic acids is 1. The predicted molar refractivity (Wildman–Crippen MR) is 128 cm³/mol. The maximum Gasteiger partial charge on any atom is 0.407 e. The first-order chi connectivity index (χ1) is 16.5. The number of ether oxygens (including phenoxy) is 1. The molecule has 2 unspecified atom stereocenters. The van der Waals surface area contributed by atoms with Crippen molar-refractivity contribution in [3.8, 4) is 11.1 Å². The molecule has 7 nitrogen and oxygen atoms in total. The summed E-state index contributed by atoms with van der Waals surface area (Å²) < 4.78 is 5.54. The summed E-state index contributed by atoms with van der Waals surface area (Å²) in [6.45, 7) is 3.42. The minimum Gasteiger partial charge on any atom is -0.481 e. The van der Waals surface area contributed by atoms with E-state index in [1.54, 1.807) is 4.90 Å². The normalized spacial score (nSPS) is 18.0. The average Bonchev–Trinajstić information content (AvgIpc) is 3.16. The molecule has 1 saturated heterocycles. The molecule has 7 heteroatoms. The van der Waals surface area contributed by atoms with Crippen LogP contribution in [0, 0.1) is 5.92 Å². The van der Waals surface area contributed by atoms with Gasteiger partial charge in [-0.25, -0.2) is 4.79 Å². The first-order valence-electron chi connectivity index (χ1n) is 12.1. The van der Waals surface area contributed by atoms with Crippen molar-refractivity contribution in [2.75, 3.05) is 19.7 Å². The third-order valence-corrected chi connectivity index (χ3v) is 6.84. The van der Waals surface area contributed by atoms with Crippen molar-refractivity contribution in [3.05, 3.63) is 59.7 Å². The highest BCUT2D eigenvalue weighted by atomic mass is 16.5. The van der Waals surface area contributed by atoms with Crippen molar-refractivity contribution in [1.29, 1.82) is 0 Å². The molecule has 1 aliphatic carbocycles. The van der Waals surface area contributed by atoms with E-state index < -0.39 is 24.5 Å². The fraction of sp³-hybridized carbons (Fsp3) is 0.444. The van der Waals surface area contributed by atoms with Gasteiger partial charge in [0.1, 0.15) is 12.6 Å². The van der Waals surface area contributed by atoms with Crippen LogP contribution in [-0.4, -0.2) is 53.7 Å². The van der Waals surface area contributed by atoms with Crippen LogP contribution < -0.4 is 5.32 Å². The van der Waals surface area contributed by atoms with Gasteiger partial charge in [0.15, 0.2) is 0 Å². The van der Waals surface area contributed by atoms with E-state index in [1.807, 2.05) is 36.4 Å². The van der Waals surface area contributed by atoms with Crippen LogP contribution in [0.1, 0.15) is 56.1 Å². The number of nitrogens with zero attached hydrogens (tertiary/aromatic N) is 1. The summed E-state index contributed by atoms with van der Waals surface area (Å²) in [5, 5.41) is 11.9. The quantitative estimate of drug-likeness (QED) is 0.603. The van der Waals surface area contributed by atoms with Gasteiger partial charge in [0, 0.05) is 19.0 Å². The van der Waals surface area contributed by atoms with Crippen LogP contribution in [0.25, 0.3) is 11.1 Å². The second kappa shape index (κ2) is 10.7. The molecule has 2 amide bonds. The lowest BCUT2D eigenvalue weighted by Crippen LogP contribution is -2.52. The fourth-order valence-electron chi connectivity index (χ4n) is 5.29. The molecule has 2 atom stereocenters. The summed E-state index contributed by atoms with van der Waals surface area (Å²) in [5.74, 6) is -1.18. The lowest BCUT2D eigenvalue weighted by atomic mass is 9.93. The highest BCUT2D eigenvalue weighted by molar-refractivity contribution is 5.89. The number of benzene rings is 2. The number of hydrogen-bond donors (Lipinski definition) is 2. The monoisotopic (exact) mass is 464 g/mol. The second-order valence-corrected chi connectivity index (χ2v) is 9.20. The molecule has 2 aliphatic rings. The zero-order valence-electron chi connectivity index (χ0n) is 19.5. The van der Waals surface area contributed by atoms with Crippen molar-refractivity contribution in [2.45, 2.75) is 51.0 Å². The van der Waals surface area contributed by atoms with E-state index in [0.717, 1.165) is 47.9 Å². The third-order valence-electron chi connectivity index (χ3n) is 6.84. The van der Waals surface area contributed by atoms with Gasteiger partial charge in [0.25, 0.3) is 0 Å². The van der Waals surface area contributed by atoms with E-state index in [2.05, 4.69) is 24.4 Å². The molecule has 1 heterocycles. The minimum atomic E-state index is -1.14. The number of hydrogen-bond acceptors (Lipinski definition) is 4. The highest BCUT2D eigenvalue weighted by Crippen LogP contribution is 2.44.